The molecule has 3 heterocycles. The molecule has 1 aromatic heterocycles. The van der Waals surface area contributed by atoms with Crippen LogP contribution in [0.2, 0.25) is 0 Å². The molecule has 0 amide bonds. The Bertz CT molecular complexity index is 713. The molecule has 4 nitrogen and oxygen atoms in total. The second-order valence-electron chi connectivity index (χ2n) is 7.20. The Morgan fingerprint density at radius 1 is 1.00 bits per heavy atom. The van der Waals surface area contributed by atoms with E-state index in [-0.39, 0.29) is 0 Å². The van der Waals surface area contributed by atoms with Crippen LogP contribution in [0.25, 0.3) is 11.3 Å². The topological polar surface area (TPSA) is 38.2 Å². The standard InChI is InChI=1S/C20H25N3O/c1-14-5-6-16(12-15(14)2)18-7-8-20(22-21-18)24-19-9-11-23-10-3-4-17(19)13-23/h5-8,12,17,19H,3-4,9-11,13H2,1-2H3/t17-,19-/m0/s1. The van der Waals surface area contributed by atoms with E-state index in [1.165, 1.54) is 37.1 Å². The number of fused-ring (bicyclic) bond motifs is 2. The number of nitrogens with zero attached hydrogens (tertiary/aromatic N) is 3. The van der Waals surface area contributed by atoms with Crippen molar-refractivity contribution in [3.63, 3.8) is 0 Å². The zero-order valence-corrected chi connectivity index (χ0v) is 14.5. The maximum Gasteiger partial charge on any atom is 0.233 e. The van der Waals surface area contributed by atoms with Gasteiger partial charge in [0, 0.05) is 30.6 Å². The SMILES string of the molecule is Cc1ccc(-c2ccc(O[C@H]3CC[N@@]4CCC[C@H]3C4)nn2)cc1C. The van der Waals surface area contributed by atoms with Gasteiger partial charge in [0.05, 0.1) is 5.69 Å². The lowest BCUT2D eigenvalue weighted by molar-refractivity contribution is 0.0123. The highest BCUT2D eigenvalue weighted by atomic mass is 16.5. The highest BCUT2D eigenvalue weighted by molar-refractivity contribution is 5.60. The first-order valence-electron chi connectivity index (χ1n) is 8.99. The van der Waals surface area contributed by atoms with Crippen molar-refractivity contribution in [2.45, 2.75) is 39.2 Å². The second-order valence-corrected chi connectivity index (χ2v) is 7.20. The molecule has 4 rings (SSSR count). The zero-order valence-electron chi connectivity index (χ0n) is 14.5. The summed E-state index contributed by atoms with van der Waals surface area (Å²) in [7, 11) is 0. The van der Waals surface area contributed by atoms with Crippen LogP contribution < -0.4 is 4.74 Å². The number of rotatable bonds is 3. The quantitative estimate of drug-likeness (QED) is 0.864. The Morgan fingerprint density at radius 3 is 2.71 bits per heavy atom. The van der Waals surface area contributed by atoms with E-state index in [4.69, 9.17) is 4.74 Å². The average molecular weight is 323 g/mol. The van der Waals surface area contributed by atoms with Crippen molar-refractivity contribution in [3.8, 4) is 17.1 Å². The van der Waals surface area contributed by atoms with E-state index in [1.807, 2.05) is 12.1 Å². The van der Waals surface area contributed by atoms with E-state index in [9.17, 15) is 0 Å². The van der Waals surface area contributed by atoms with Crippen molar-refractivity contribution in [2.75, 3.05) is 19.6 Å². The monoisotopic (exact) mass is 323 g/mol. The normalized spacial score (nSPS) is 26.2. The summed E-state index contributed by atoms with van der Waals surface area (Å²) >= 11 is 0. The maximum atomic E-state index is 6.17. The Balaban J connectivity index is 1.46. The smallest absolute Gasteiger partial charge is 0.233 e. The molecule has 0 spiro atoms. The van der Waals surface area contributed by atoms with Crippen molar-refractivity contribution < 1.29 is 4.74 Å². The van der Waals surface area contributed by atoms with Crippen LogP contribution in [0.3, 0.4) is 0 Å². The minimum absolute atomic E-state index is 0.295. The highest BCUT2D eigenvalue weighted by Crippen LogP contribution is 2.29. The van der Waals surface area contributed by atoms with Gasteiger partial charge in [-0.1, -0.05) is 12.1 Å². The summed E-state index contributed by atoms with van der Waals surface area (Å²) < 4.78 is 6.17. The fraction of sp³-hybridized carbons (Fsp3) is 0.500. The summed E-state index contributed by atoms with van der Waals surface area (Å²) in [6.45, 7) is 7.83. The van der Waals surface area contributed by atoms with E-state index < -0.39 is 0 Å². The maximum absolute atomic E-state index is 6.17. The fourth-order valence-electron chi connectivity index (χ4n) is 3.89. The molecule has 0 aliphatic carbocycles. The van der Waals surface area contributed by atoms with Crippen LogP contribution in [0.15, 0.2) is 30.3 Å². The number of piperidine rings is 2. The zero-order chi connectivity index (χ0) is 16.5. The van der Waals surface area contributed by atoms with Crippen LogP contribution in [-0.2, 0) is 0 Å². The van der Waals surface area contributed by atoms with Crippen molar-refractivity contribution >= 4 is 0 Å². The van der Waals surface area contributed by atoms with Gasteiger partial charge < -0.3 is 9.64 Å². The van der Waals surface area contributed by atoms with Gasteiger partial charge in [0.25, 0.3) is 0 Å². The van der Waals surface area contributed by atoms with Gasteiger partial charge in [-0.15, -0.1) is 10.2 Å². The summed E-state index contributed by atoms with van der Waals surface area (Å²) in [5.41, 5.74) is 4.58. The number of ether oxygens (including phenoxy) is 1. The molecule has 0 N–H and O–H groups in total. The molecule has 2 aromatic rings. The summed E-state index contributed by atoms with van der Waals surface area (Å²) in [5.74, 6) is 1.31. The summed E-state index contributed by atoms with van der Waals surface area (Å²) in [5, 5.41) is 8.70. The van der Waals surface area contributed by atoms with Gasteiger partial charge in [0.15, 0.2) is 0 Å². The molecule has 2 bridgehead atoms. The summed E-state index contributed by atoms with van der Waals surface area (Å²) in [6.07, 6.45) is 3.96. The van der Waals surface area contributed by atoms with Gasteiger partial charge in [-0.2, -0.15) is 0 Å². The van der Waals surface area contributed by atoms with Gasteiger partial charge in [0.1, 0.15) is 6.10 Å². The Morgan fingerprint density at radius 2 is 1.92 bits per heavy atom. The minimum atomic E-state index is 0.295. The van der Waals surface area contributed by atoms with Crippen LogP contribution in [-0.4, -0.2) is 40.8 Å². The lowest BCUT2D eigenvalue weighted by Crippen LogP contribution is -2.49. The number of hydrogen-bond acceptors (Lipinski definition) is 4. The van der Waals surface area contributed by atoms with Gasteiger partial charge in [0.2, 0.25) is 5.88 Å². The number of hydrogen-bond donors (Lipinski definition) is 0. The Hall–Kier alpha value is -1.94. The van der Waals surface area contributed by atoms with Gasteiger partial charge in [-0.3, -0.25) is 0 Å². The fourth-order valence-corrected chi connectivity index (χ4v) is 3.89. The molecule has 0 unspecified atom stereocenters. The molecule has 2 fully saturated rings. The predicted octanol–water partition coefficient (Wildman–Crippen LogP) is 3.62. The third-order valence-electron chi connectivity index (χ3n) is 5.51. The molecule has 2 aliphatic rings. The largest absolute Gasteiger partial charge is 0.473 e. The van der Waals surface area contributed by atoms with Crippen molar-refractivity contribution in [1.82, 2.24) is 15.1 Å². The first-order valence-corrected chi connectivity index (χ1v) is 8.99. The first-order chi connectivity index (χ1) is 11.7. The first kappa shape index (κ1) is 15.6. The van der Waals surface area contributed by atoms with Crippen LogP contribution in [0.1, 0.15) is 30.4 Å². The van der Waals surface area contributed by atoms with Crippen LogP contribution in [0, 0.1) is 19.8 Å². The molecule has 1 aromatic carbocycles. The lowest BCUT2D eigenvalue weighted by Gasteiger charge is -2.42. The summed E-state index contributed by atoms with van der Waals surface area (Å²) in [6, 6.07) is 10.4. The van der Waals surface area contributed by atoms with Crippen molar-refractivity contribution in [3.05, 3.63) is 41.5 Å². The van der Waals surface area contributed by atoms with Gasteiger partial charge >= 0.3 is 0 Å². The van der Waals surface area contributed by atoms with E-state index in [0.29, 0.717) is 17.9 Å². The average Bonchev–Trinajstić information content (AvgIpc) is 2.61. The third-order valence-corrected chi connectivity index (χ3v) is 5.51. The molecule has 0 saturated carbocycles. The lowest BCUT2D eigenvalue weighted by atomic mass is 9.87. The summed E-state index contributed by atoms with van der Waals surface area (Å²) in [4.78, 5) is 2.56. The number of benzene rings is 1. The highest BCUT2D eigenvalue weighted by Gasteiger charge is 2.33. The molecule has 3 atom stereocenters. The molecule has 0 radical (unpaired) electrons. The van der Waals surface area contributed by atoms with Crippen LogP contribution in [0.5, 0.6) is 5.88 Å². The molecule has 2 aliphatic heterocycles. The molecule has 126 valence electrons. The molecule has 4 heteroatoms. The molecule has 24 heavy (non-hydrogen) atoms. The van der Waals surface area contributed by atoms with E-state index >= 15 is 0 Å². The number of aryl methyl sites for hydroxylation is 2. The van der Waals surface area contributed by atoms with E-state index in [0.717, 1.165) is 24.2 Å². The van der Waals surface area contributed by atoms with Crippen LogP contribution in [0.4, 0.5) is 0 Å². The predicted molar refractivity (Wildman–Crippen MR) is 95.1 cm³/mol. The molecular formula is C20H25N3O. The molecule has 2 saturated heterocycles. The van der Waals surface area contributed by atoms with Gasteiger partial charge in [-0.05, 0) is 62.9 Å². The van der Waals surface area contributed by atoms with Gasteiger partial charge in [-0.25, -0.2) is 0 Å². The Labute approximate surface area is 143 Å². The Kier molecular flexibility index (Phi) is 4.23. The van der Waals surface area contributed by atoms with Crippen LogP contribution >= 0.6 is 0 Å². The van der Waals surface area contributed by atoms with E-state index in [2.05, 4.69) is 47.1 Å². The van der Waals surface area contributed by atoms with Crippen molar-refractivity contribution in [1.29, 1.82) is 0 Å². The third kappa shape index (κ3) is 3.16. The minimum Gasteiger partial charge on any atom is -0.473 e. The van der Waals surface area contributed by atoms with Crippen molar-refractivity contribution in [2.24, 2.45) is 5.92 Å². The number of aromatic nitrogens is 2. The molecular weight excluding hydrogens is 298 g/mol. The second kappa shape index (κ2) is 6.52. The van der Waals surface area contributed by atoms with E-state index in [1.54, 1.807) is 0 Å².